The highest BCUT2D eigenvalue weighted by atomic mass is 16.5. The molecule has 0 aliphatic carbocycles. The summed E-state index contributed by atoms with van der Waals surface area (Å²) in [5.74, 6) is 0. The number of nitrogens with zero attached hydrogens (tertiary/aromatic N) is 3. The van der Waals surface area contributed by atoms with Gasteiger partial charge in [0.2, 0.25) is 0 Å². The van der Waals surface area contributed by atoms with Gasteiger partial charge >= 0.3 is 0 Å². The van der Waals surface area contributed by atoms with Crippen molar-refractivity contribution in [2.75, 3.05) is 13.3 Å². The van der Waals surface area contributed by atoms with E-state index in [2.05, 4.69) is 14.8 Å². The van der Waals surface area contributed by atoms with Crippen molar-refractivity contribution in [2.45, 2.75) is 6.92 Å². The minimum absolute atomic E-state index is 0.146. The molecular weight excluding hydrogens is 94.1 g/mol. The van der Waals surface area contributed by atoms with Crippen LogP contribution in [0.3, 0.4) is 0 Å². The lowest BCUT2D eigenvalue weighted by Crippen LogP contribution is -1.85. The first kappa shape index (κ1) is 6.27. The first-order chi connectivity index (χ1) is 3.41. The summed E-state index contributed by atoms with van der Waals surface area (Å²) in [6.07, 6.45) is 0. The molecule has 0 unspecified atom stereocenters. The maximum atomic E-state index is 7.67. The molecule has 0 heterocycles. The number of rotatable bonds is 3. The van der Waals surface area contributed by atoms with Crippen molar-refractivity contribution in [2.24, 2.45) is 5.11 Å². The van der Waals surface area contributed by atoms with Gasteiger partial charge in [0.15, 0.2) is 0 Å². The lowest BCUT2D eigenvalue weighted by atomic mass is 10.9. The van der Waals surface area contributed by atoms with Crippen LogP contribution in [0.5, 0.6) is 0 Å². The molecule has 0 bridgehead atoms. The van der Waals surface area contributed by atoms with Gasteiger partial charge in [-0.1, -0.05) is 5.11 Å². The average molecular weight is 101 g/mol. The number of hydrogen-bond acceptors (Lipinski definition) is 2. The normalized spacial score (nSPS) is 7.57. The molecule has 0 saturated heterocycles. The zero-order valence-electron chi connectivity index (χ0n) is 4.16. The van der Waals surface area contributed by atoms with Crippen molar-refractivity contribution >= 4 is 0 Å². The van der Waals surface area contributed by atoms with Gasteiger partial charge in [-0.15, -0.1) is 0 Å². The summed E-state index contributed by atoms with van der Waals surface area (Å²) in [5, 5.41) is 3.12. The van der Waals surface area contributed by atoms with Crippen molar-refractivity contribution in [3.8, 4) is 0 Å². The zero-order valence-corrected chi connectivity index (χ0v) is 4.16. The van der Waals surface area contributed by atoms with Crippen LogP contribution in [0.4, 0.5) is 0 Å². The number of hydrogen-bond donors (Lipinski definition) is 0. The van der Waals surface area contributed by atoms with E-state index in [-0.39, 0.29) is 6.73 Å². The molecule has 0 radical (unpaired) electrons. The summed E-state index contributed by atoms with van der Waals surface area (Å²) in [6.45, 7) is 2.58. The van der Waals surface area contributed by atoms with E-state index < -0.39 is 0 Å². The standard InChI is InChI=1S/C3H7N3O/c1-2-7-3-5-6-4/h2-3H2,1H3. The van der Waals surface area contributed by atoms with Gasteiger partial charge in [0.1, 0.15) is 6.73 Å². The Morgan fingerprint density at radius 2 is 2.57 bits per heavy atom. The molecular formula is C3H7N3O. The van der Waals surface area contributed by atoms with E-state index in [9.17, 15) is 0 Å². The molecule has 0 aromatic heterocycles. The van der Waals surface area contributed by atoms with Crippen molar-refractivity contribution in [3.05, 3.63) is 10.4 Å². The van der Waals surface area contributed by atoms with Crippen LogP contribution in [0.15, 0.2) is 5.11 Å². The van der Waals surface area contributed by atoms with Gasteiger partial charge in [-0.05, 0) is 12.5 Å². The monoisotopic (exact) mass is 101 g/mol. The number of azide groups is 1. The Hall–Kier alpha value is -0.730. The molecule has 4 heteroatoms. The molecule has 0 fully saturated rings. The van der Waals surface area contributed by atoms with Crippen molar-refractivity contribution in [1.82, 2.24) is 0 Å². The fraction of sp³-hybridized carbons (Fsp3) is 1.00. The molecule has 0 aliphatic heterocycles. The largest absolute Gasteiger partial charge is 0.376 e. The van der Waals surface area contributed by atoms with Gasteiger partial charge in [-0.25, -0.2) is 0 Å². The molecule has 0 atom stereocenters. The maximum Gasteiger partial charge on any atom is 0.125 e. The van der Waals surface area contributed by atoms with E-state index in [0.29, 0.717) is 6.61 Å². The third-order valence-corrected chi connectivity index (χ3v) is 0.416. The van der Waals surface area contributed by atoms with Gasteiger partial charge in [-0.3, -0.25) is 0 Å². The van der Waals surface area contributed by atoms with Crippen LogP contribution in [0.1, 0.15) is 6.92 Å². The summed E-state index contributed by atoms with van der Waals surface area (Å²) in [7, 11) is 0. The van der Waals surface area contributed by atoms with E-state index in [0.717, 1.165) is 0 Å². The summed E-state index contributed by atoms with van der Waals surface area (Å²) in [4.78, 5) is 2.47. The van der Waals surface area contributed by atoms with E-state index in [1.165, 1.54) is 0 Å². The lowest BCUT2D eigenvalue weighted by Gasteiger charge is -1.87. The minimum Gasteiger partial charge on any atom is -0.376 e. The van der Waals surface area contributed by atoms with E-state index in [1.807, 2.05) is 6.92 Å². The molecule has 0 aliphatic rings. The van der Waals surface area contributed by atoms with Crippen LogP contribution in [0.2, 0.25) is 0 Å². The first-order valence-corrected chi connectivity index (χ1v) is 2.00. The molecule has 0 aromatic rings. The minimum atomic E-state index is 0.146. The van der Waals surface area contributed by atoms with E-state index >= 15 is 0 Å². The van der Waals surface area contributed by atoms with Gasteiger partial charge in [0.25, 0.3) is 0 Å². The summed E-state index contributed by atoms with van der Waals surface area (Å²) in [5.41, 5.74) is 7.67. The Morgan fingerprint density at radius 3 is 3.00 bits per heavy atom. The molecule has 0 aromatic carbocycles. The van der Waals surface area contributed by atoms with Crippen LogP contribution in [0.25, 0.3) is 10.4 Å². The Bertz CT molecular complexity index is 76.2. The summed E-state index contributed by atoms with van der Waals surface area (Å²) >= 11 is 0. The molecule has 0 saturated carbocycles. The van der Waals surface area contributed by atoms with Crippen LogP contribution in [-0.4, -0.2) is 13.3 Å². The molecule has 0 N–H and O–H groups in total. The predicted octanol–water partition coefficient (Wildman–Crippen LogP) is 1.29. The van der Waals surface area contributed by atoms with Crippen LogP contribution < -0.4 is 0 Å². The molecule has 4 nitrogen and oxygen atoms in total. The van der Waals surface area contributed by atoms with Crippen LogP contribution in [0, 0.1) is 0 Å². The van der Waals surface area contributed by atoms with E-state index in [1.54, 1.807) is 0 Å². The fourth-order valence-corrected chi connectivity index (χ4v) is 0.158. The third-order valence-electron chi connectivity index (χ3n) is 0.416. The Balaban J connectivity index is 2.83. The van der Waals surface area contributed by atoms with E-state index in [4.69, 9.17) is 5.53 Å². The van der Waals surface area contributed by atoms with Crippen molar-refractivity contribution < 1.29 is 4.74 Å². The summed E-state index contributed by atoms with van der Waals surface area (Å²) in [6, 6.07) is 0. The van der Waals surface area contributed by atoms with Gasteiger partial charge in [-0.2, -0.15) is 0 Å². The molecule has 40 valence electrons. The molecule has 0 amide bonds. The number of ether oxygens (including phenoxy) is 1. The van der Waals surface area contributed by atoms with Gasteiger partial charge < -0.3 is 4.74 Å². The highest BCUT2D eigenvalue weighted by Gasteiger charge is 1.70. The zero-order chi connectivity index (χ0) is 5.54. The topological polar surface area (TPSA) is 58.0 Å². The highest BCUT2D eigenvalue weighted by molar-refractivity contribution is 4.35. The molecule has 0 spiro atoms. The lowest BCUT2D eigenvalue weighted by molar-refractivity contribution is 0.155. The maximum absolute atomic E-state index is 7.67. The van der Waals surface area contributed by atoms with Gasteiger partial charge in [0, 0.05) is 11.5 Å². The smallest absolute Gasteiger partial charge is 0.125 e. The summed E-state index contributed by atoms with van der Waals surface area (Å²) < 4.78 is 4.65. The Morgan fingerprint density at radius 1 is 1.86 bits per heavy atom. The fourth-order valence-electron chi connectivity index (χ4n) is 0.158. The molecule has 0 rings (SSSR count). The third kappa shape index (κ3) is 5.27. The van der Waals surface area contributed by atoms with Crippen LogP contribution in [-0.2, 0) is 4.74 Å². The second-order valence-corrected chi connectivity index (χ2v) is 0.853. The van der Waals surface area contributed by atoms with Crippen molar-refractivity contribution in [1.29, 1.82) is 0 Å². The highest BCUT2D eigenvalue weighted by Crippen LogP contribution is 1.72. The quantitative estimate of drug-likeness (QED) is 0.228. The van der Waals surface area contributed by atoms with Crippen LogP contribution >= 0.6 is 0 Å². The second-order valence-electron chi connectivity index (χ2n) is 0.853. The Kier molecular flexibility index (Phi) is 4.72. The first-order valence-electron chi connectivity index (χ1n) is 2.00. The second kappa shape index (κ2) is 5.27. The van der Waals surface area contributed by atoms with Gasteiger partial charge in [0.05, 0.1) is 0 Å². The SMILES string of the molecule is CCOCN=[N+]=[N-]. The molecule has 7 heavy (non-hydrogen) atoms. The average Bonchev–Trinajstić information content (AvgIpc) is 1.69. The predicted molar refractivity (Wildman–Crippen MR) is 25.6 cm³/mol. The van der Waals surface area contributed by atoms with Crippen molar-refractivity contribution in [3.63, 3.8) is 0 Å². The Labute approximate surface area is 41.7 Å².